The van der Waals surface area contributed by atoms with Crippen LogP contribution in [-0.2, 0) is 13.6 Å². The molecule has 0 fully saturated rings. The Balaban J connectivity index is 1.57. The predicted octanol–water partition coefficient (Wildman–Crippen LogP) is 2.74. The van der Waals surface area contributed by atoms with Crippen LogP contribution in [0.4, 0.5) is 5.69 Å². The quantitative estimate of drug-likeness (QED) is 0.596. The number of amides is 1. The van der Waals surface area contributed by atoms with Crippen LogP contribution in [0.25, 0.3) is 10.9 Å². The third kappa shape index (κ3) is 3.29. The molecule has 0 aliphatic rings. The van der Waals surface area contributed by atoms with Gasteiger partial charge < -0.3 is 5.32 Å². The highest BCUT2D eigenvalue weighted by Crippen LogP contribution is 2.13. The lowest BCUT2D eigenvalue weighted by Gasteiger charge is -2.07. The highest BCUT2D eigenvalue weighted by molar-refractivity contribution is 6.04. The van der Waals surface area contributed by atoms with Crippen molar-refractivity contribution in [3.05, 3.63) is 88.0 Å². The van der Waals surface area contributed by atoms with Gasteiger partial charge in [0.1, 0.15) is 0 Å². The molecule has 0 radical (unpaired) electrons. The van der Waals surface area contributed by atoms with Gasteiger partial charge in [-0.3, -0.25) is 19.0 Å². The molecule has 4 rings (SSSR count). The van der Waals surface area contributed by atoms with Gasteiger partial charge in [-0.15, -0.1) is 0 Å². The normalized spacial score (nSPS) is 10.9. The summed E-state index contributed by atoms with van der Waals surface area (Å²) in [6.45, 7) is 2.64. The van der Waals surface area contributed by atoms with Gasteiger partial charge in [-0.05, 0) is 30.2 Å². The van der Waals surface area contributed by atoms with E-state index in [1.807, 2.05) is 37.3 Å². The standard InChI is InChI=1S/C21H19N5O2/c1-14-7-3-4-8-15(14)12-26-13-16(11-22-26)23-21(28)19-20(27)17-9-5-6-10-18(17)25(2)24-19/h3-11,13H,12H2,1-2H3,(H,23,28). The molecule has 7 nitrogen and oxygen atoms in total. The van der Waals surface area contributed by atoms with E-state index >= 15 is 0 Å². The first kappa shape index (κ1) is 17.7. The maximum atomic E-state index is 12.6. The summed E-state index contributed by atoms with van der Waals surface area (Å²) in [4.78, 5) is 25.3. The van der Waals surface area contributed by atoms with Crippen molar-refractivity contribution in [2.24, 2.45) is 7.05 Å². The summed E-state index contributed by atoms with van der Waals surface area (Å²) in [6.07, 6.45) is 3.29. The molecule has 28 heavy (non-hydrogen) atoms. The van der Waals surface area contributed by atoms with Gasteiger partial charge in [0.05, 0.1) is 23.9 Å². The van der Waals surface area contributed by atoms with Crippen molar-refractivity contribution in [3.63, 3.8) is 0 Å². The van der Waals surface area contributed by atoms with E-state index in [9.17, 15) is 9.59 Å². The number of hydrogen-bond donors (Lipinski definition) is 1. The highest BCUT2D eigenvalue weighted by atomic mass is 16.2. The monoisotopic (exact) mass is 373 g/mol. The molecular weight excluding hydrogens is 354 g/mol. The summed E-state index contributed by atoms with van der Waals surface area (Å²) < 4.78 is 3.27. The van der Waals surface area contributed by atoms with Gasteiger partial charge in [0, 0.05) is 18.6 Å². The zero-order valence-electron chi connectivity index (χ0n) is 15.6. The van der Waals surface area contributed by atoms with Gasteiger partial charge in [0.25, 0.3) is 5.91 Å². The first-order valence-corrected chi connectivity index (χ1v) is 8.87. The summed E-state index contributed by atoms with van der Waals surface area (Å²) in [5.74, 6) is -0.554. The largest absolute Gasteiger partial charge is 0.318 e. The van der Waals surface area contributed by atoms with E-state index in [1.54, 1.807) is 42.3 Å². The highest BCUT2D eigenvalue weighted by Gasteiger charge is 2.17. The summed E-state index contributed by atoms with van der Waals surface area (Å²) in [5.41, 5.74) is 2.97. The lowest BCUT2D eigenvalue weighted by molar-refractivity contribution is 0.101. The molecule has 0 saturated heterocycles. The van der Waals surface area contributed by atoms with Crippen LogP contribution in [-0.4, -0.2) is 25.5 Å². The average Bonchev–Trinajstić information content (AvgIpc) is 3.13. The van der Waals surface area contributed by atoms with Crippen LogP contribution in [0.5, 0.6) is 0 Å². The van der Waals surface area contributed by atoms with E-state index in [2.05, 4.69) is 15.5 Å². The van der Waals surface area contributed by atoms with Crippen molar-refractivity contribution < 1.29 is 4.79 Å². The van der Waals surface area contributed by atoms with Gasteiger partial charge in [0.2, 0.25) is 5.43 Å². The molecule has 1 N–H and O–H groups in total. The number of benzene rings is 2. The topological polar surface area (TPSA) is 81.8 Å². The van der Waals surface area contributed by atoms with Crippen molar-refractivity contribution in [1.29, 1.82) is 0 Å². The molecule has 140 valence electrons. The van der Waals surface area contributed by atoms with Crippen molar-refractivity contribution >= 4 is 22.5 Å². The number of fused-ring (bicyclic) bond motifs is 1. The molecule has 0 aliphatic carbocycles. The Bertz CT molecular complexity index is 1240. The Labute approximate surface area is 161 Å². The Kier molecular flexibility index (Phi) is 4.49. The van der Waals surface area contributed by atoms with E-state index in [-0.39, 0.29) is 5.69 Å². The van der Waals surface area contributed by atoms with Crippen molar-refractivity contribution in [2.45, 2.75) is 13.5 Å². The Morgan fingerprint density at radius 1 is 1.11 bits per heavy atom. The SMILES string of the molecule is Cc1ccccc1Cn1cc(NC(=O)c2nn(C)c3ccccc3c2=O)cn1. The number of para-hydroxylation sites is 1. The first-order valence-electron chi connectivity index (χ1n) is 8.87. The van der Waals surface area contributed by atoms with E-state index in [0.717, 1.165) is 5.56 Å². The van der Waals surface area contributed by atoms with Crippen LogP contribution in [0, 0.1) is 6.92 Å². The third-order valence-corrected chi connectivity index (χ3v) is 4.66. The molecule has 0 atom stereocenters. The number of aromatic nitrogens is 4. The van der Waals surface area contributed by atoms with Crippen LogP contribution >= 0.6 is 0 Å². The number of carbonyl (C=O) groups is 1. The summed E-state index contributed by atoms with van der Waals surface area (Å²) in [5, 5.41) is 11.6. The second-order valence-corrected chi connectivity index (χ2v) is 6.63. The lowest BCUT2D eigenvalue weighted by Crippen LogP contribution is -2.26. The second-order valence-electron chi connectivity index (χ2n) is 6.63. The fourth-order valence-corrected chi connectivity index (χ4v) is 3.14. The first-order chi connectivity index (χ1) is 13.5. The number of hydrogen-bond acceptors (Lipinski definition) is 4. The van der Waals surface area contributed by atoms with Crippen LogP contribution < -0.4 is 10.7 Å². The molecule has 0 unspecified atom stereocenters. The van der Waals surface area contributed by atoms with E-state index < -0.39 is 11.3 Å². The van der Waals surface area contributed by atoms with Crippen molar-refractivity contribution in [2.75, 3.05) is 5.32 Å². The summed E-state index contributed by atoms with van der Waals surface area (Å²) >= 11 is 0. The zero-order valence-corrected chi connectivity index (χ0v) is 15.6. The maximum absolute atomic E-state index is 12.6. The number of nitrogens with one attached hydrogen (secondary N) is 1. The average molecular weight is 373 g/mol. The minimum atomic E-state index is -0.554. The molecule has 2 heterocycles. The number of anilines is 1. The van der Waals surface area contributed by atoms with E-state index in [0.29, 0.717) is 23.1 Å². The van der Waals surface area contributed by atoms with Gasteiger partial charge in [-0.2, -0.15) is 10.2 Å². The van der Waals surface area contributed by atoms with Crippen LogP contribution in [0.15, 0.2) is 65.7 Å². The maximum Gasteiger partial charge on any atom is 0.280 e. The number of rotatable bonds is 4. The minimum absolute atomic E-state index is 0.146. The number of carbonyl (C=O) groups excluding carboxylic acids is 1. The Hall–Kier alpha value is -3.74. The molecule has 0 saturated carbocycles. The fourth-order valence-electron chi connectivity index (χ4n) is 3.14. The summed E-state index contributed by atoms with van der Waals surface area (Å²) in [7, 11) is 1.71. The van der Waals surface area contributed by atoms with Crippen LogP contribution in [0.2, 0.25) is 0 Å². The van der Waals surface area contributed by atoms with Crippen LogP contribution in [0.3, 0.4) is 0 Å². The molecular formula is C21H19N5O2. The minimum Gasteiger partial charge on any atom is -0.318 e. The van der Waals surface area contributed by atoms with Gasteiger partial charge in [0.15, 0.2) is 5.69 Å². The van der Waals surface area contributed by atoms with Crippen molar-refractivity contribution in [3.8, 4) is 0 Å². The molecule has 2 aromatic heterocycles. The van der Waals surface area contributed by atoms with E-state index in [1.165, 1.54) is 10.2 Å². The van der Waals surface area contributed by atoms with E-state index in [4.69, 9.17) is 0 Å². The zero-order chi connectivity index (χ0) is 19.7. The number of nitrogens with zero attached hydrogens (tertiary/aromatic N) is 4. The van der Waals surface area contributed by atoms with Gasteiger partial charge >= 0.3 is 0 Å². The molecule has 0 aliphatic heterocycles. The number of aryl methyl sites for hydroxylation is 2. The fraction of sp³-hybridized carbons (Fsp3) is 0.143. The Morgan fingerprint density at radius 2 is 1.86 bits per heavy atom. The molecule has 4 aromatic rings. The molecule has 7 heteroatoms. The molecule has 1 amide bonds. The molecule has 0 spiro atoms. The van der Waals surface area contributed by atoms with Gasteiger partial charge in [-0.25, -0.2) is 0 Å². The third-order valence-electron chi connectivity index (χ3n) is 4.66. The van der Waals surface area contributed by atoms with Gasteiger partial charge in [-0.1, -0.05) is 36.4 Å². The Morgan fingerprint density at radius 3 is 2.68 bits per heavy atom. The second kappa shape index (κ2) is 7.11. The smallest absolute Gasteiger partial charge is 0.280 e. The predicted molar refractivity (Wildman–Crippen MR) is 107 cm³/mol. The summed E-state index contributed by atoms with van der Waals surface area (Å²) in [6, 6.07) is 15.1. The lowest BCUT2D eigenvalue weighted by atomic mass is 10.1. The van der Waals surface area contributed by atoms with Crippen molar-refractivity contribution in [1.82, 2.24) is 19.6 Å². The van der Waals surface area contributed by atoms with Crippen LogP contribution in [0.1, 0.15) is 21.6 Å². The molecule has 0 bridgehead atoms. The molecule has 2 aromatic carbocycles.